The van der Waals surface area contributed by atoms with Gasteiger partial charge in [0, 0.05) is 22.0 Å². The second kappa shape index (κ2) is 5.52. The molecule has 3 aromatic rings. The van der Waals surface area contributed by atoms with Crippen molar-refractivity contribution < 1.29 is 0 Å². The predicted octanol–water partition coefficient (Wildman–Crippen LogP) is 4.57. The summed E-state index contributed by atoms with van der Waals surface area (Å²) in [6.07, 6.45) is 1.83. The van der Waals surface area contributed by atoms with Crippen molar-refractivity contribution in [2.24, 2.45) is 0 Å². The fourth-order valence-corrected chi connectivity index (χ4v) is 3.86. The van der Waals surface area contributed by atoms with Gasteiger partial charge in [0.15, 0.2) is 0 Å². The summed E-state index contributed by atoms with van der Waals surface area (Å²) >= 11 is 8.12. The maximum Gasteiger partial charge on any atom is 0.0753 e. The predicted molar refractivity (Wildman–Crippen MR) is 86.7 cm³/mol. The van der Waals surface area contributed by atoms with Gasteiger partial charge < -0.3 is 5.32 Å². The Morgan fingerprint density at radius 1 is 1.25 bits per heavy atom. The van der Waals surface area contributed by atoms with Gasteiger partial charge in [-0.25, -0.2) is 0 Å². The van der Waals surface area contributed by atoms with Crippen LogP contribution in [-0.4, -0.2) is 12.0 Å². The molecule has 2 nitrogen and oxygen atoms in total. The molecule has 0 aliphatic heterocycles. The SMILES string of the molecule is CNC(c1scc(C)c1Cl)c1cccc2cccnc12. The van der Waals surface area contributed by atoms with E-state index >= 15 is 0 Å². The van der Waals surface area contributed by atoms with Gasteiger partial charge in [0.1, 0.15) is 0 Å². The monoisotopic (exact) mass is 302 g/mol. The van der Waals surface area contributed by atoms with Gasteiger partial charge in [-0.15, -0.1) is 11.3 Å². The van der Waals surface area contributed by atoms with Crippen LogP contribution in [0.5, 0.6) is 0 Å². The summed E-state index contributed by atoms with van der Waals surface area (Å²) < 4.78 is 0. The molecule has 0 aliphatic carbocycles. The Morgan fingerprint density at radius 3 is 2.75 bits per heavy atom. The van der Waals surface area contributed by atoms with Crippen molar-refractivity contribution in [1.29, 1.82) is 0 Å². The van der Waals surface area contributed by atoms with E-state index in [1.807, 2.05) is 26.2 Å². The topological polar surface area (TPSA) is 24.9 Å². The fourth-order valence-electron chi connectivity index (χ4n) is 2.43. The van der Waals surface area contributed by atoms with E-state index in [2.05, 4.69) is 39.9 Å². The molecular weight excluding hydrogens is 288 g/mol. The van der Waals surface area contributed by atoms with Crippen LogP contribution in [0.25, 0.3) is 10.9 Å². The average molecular weight is 303 g/mol. The third-order valence-electron chi connectivity index (χ3n) is 3.45. The van der Waals surface area contributed by atoms with Gasteiger partial charge in [0.2, 0.25) is 0 Å². The molecule has 1 atom stereocenters. The van der Waals surface area contributed by atoms with Gasteiger partial charge >= 0.3 is 0 Å². The zero-order valence-corrected chi connectivity index (χ0v) is 12.9. The number of thiophene rings is 1. The van der Waals surface area contributed by atoms with Gasteiger partial charge in [-0.2, -0.15) is 0 Å². The Kier molecular flexibility index (Phi) is 3.74. The van der Waals surface area contributed by atoms with E-state index in [1.165, 1.54) is 0 Å². The van der Waals surface area contributed by atoms with Crippen LogP contribution in [0.1, 0.15) is 22.0 Å². The number of hydrogen-bond donors (Lipinski definition) is 1. The molecule has 102 valence electrons. The molecule has 0 aliphatic rings. The van der Waals surface area contributed by atoms with Crippen molar-refractivity contribution in [2.75, 3.05) is 7.05 Å². The number of rotatable bonds is 3. The van der Waals surface area contributed by atoms with Gasteiger partial charge in [0.25, 0.3) is 0 Å². The lowest BCUT2D eigenvalue weighted by Crippen LogP contribution is -2.17. The number of hydrogen-bond acceptors (Lipinski definition) is 3. The zero-order chi connectivity index (χ0) is 14.1. The number of nitrogens with zero attached hydrogens (tertiary/aromatic N) is 1. The second-order valence-electron chi connectivity index (χ2n) is 4.74. The van der Waals surface area contributed by atoms with Crippen molar-refractivity contribution in [1.82, 2.24) is 10.3 Å². The molecule has 2 aromatic heterocycles. The van der Waals surface area contributed by atoms with Crippen LogP contribution in [0.4, 0.5) is 0 Å². The highest BCUT2D eigenvalue weighted by Gasteiger charge is 2.20. The molecule has 20 heavy (non-hydrogen) atoms. The van der Waals surface area contributed by atoms with Gasteiger partial charge in [-0.1, -0.05) is 35.9 Å². The molecule has 1 unspecified atom stereocenters. The summed E-state index contributed by atoms with van der Waals surface area (Å²) in [6, 6.07) is 10.4. The number of fused-ring (bicyclic) bond motifs is 1. The third kappa shape index (κ3) is 2.22. The van der Waals surface area contributed by atoms with E-state index in [9.17, 15) is 0 Å². The van der Waals surface area contributed by atoms with E-state index in [0.29, 0.717) is 0 Å². The minimum Gasteiger partial charge on any atom is -0.309 e. The summed E-state index contributed by atoms with van der Waals surface area (Å²) in [5.41, 5.74) is 3.31. The lowest BCUT2D eigenvalue weighted by molar-refractivity contribution is 0.707. The highest BCUT2D eigenvalue weighted by atomic mass is 35.5. The van der Waals surface area contributed by atoms with E-state index < -0.39 is 0 Å². The molecule has 3 rings (SSSR count). The van der Waals surface area contributed by atoms with Crippen LogP contribution in [0.15, 0.2) is 41.9 Å². The first-order valence-electron chi connectivity index (χ1n) is 6.46. The van der Waals surface area contributed by atoms with Crippen LogP contribution in [-0.2, 0) is 0 Å². The highest BCUT2D eigenvalue weighted by molar-refractivity contribution is 7.10. The van der Waals surface area contributed by atoms with Crippen molar-refractivity contribution in [3.63, 3.8) is 0 Å². The van der Waals surface area contributed by atoms with Crippen LogP contribution in [0.3, 0.4) is 0 Å². The highest BCUT2D eigenvalue weighted by Crippen LogP contribution is 2.37. The Bertz CT molecular complexity index is 746. The van der Waals surface area contributed by atoms with Crippen LogP contribution in [0, 0.1) is 6.92 Å². The number of pyridine rings is 1. The van der Waals surface area contributed by atoms with Crippen LogP contribution >= 0.6 is 22.9 Å². The summed E-state index contributed by atoms with van der Waals surface area (Å²) in [4.78, 5) is 5.68. The van der Waals surface area contributed by atoms with E-state index in [1.54, 1.807) is 11.3 Å². The summed E-state index contributed by atoms with van der Waals surface area (Å²) in [7, 11) is 1.96. The maximum atomic E-state index is 6.43. The second-order valence-corrected chi connectivity index (χ2v) is 6.03. The first-order chi connectivity index (χ1) is 9.72. The first-order valence-corrected chi connectivity index (χ1v) is 7.72. The molecule has 0 radical (unpaired) electrons. The van der Waals surface area contributed by atoms with Gasteiger partial charge in [-0.05, 0) is 31.0 Å². The van der Waals surface area contributed by atoms with Crippen molar-refractivity contribution >= 4 is 33.8 Å². The minimum absolute atomic E-state index is 0.0693. The van der Waals surface area contributed by atoms with Crippen molar-refractivity contribution in [3.05, 3.63) is 62.9 Å². The number of nitrogens with one attached hydrogen (secondary N) is 1. The van der Waals surface area contributed by atoms with Gasteiger partial charge in [-0.3, -0.25) is 4.98 Å². The average Bonchev–Trinajstić information content (AvgIpc) is 2.81. The number of aromatic nitrogens is 1. The van der Waals surface area contributed by atoms with E-state index in [0.717, 1.165) is 31.9 Å². The van der Waals surface area contributed by atoms with Crippen molar-refractivity contribution in [3.8, 4) is 0 Å². The quantitative estimate of drug-likeness (QED) is 0.767. The number of halogens is 1. The molecule has 0 saturated heterocycles. The summed E-state index contributed by atoms with van der Waals surface area (Å²) in [6.45, 7) is 2.04. The molecule has 0 saturated carbocycles. The molecule has 0 bridgehead atoms. The number of para-hydroxylation sites is 1. The standard InChI is InChI=1S/C16H15ClN2S/c1-10-9-20-16(13(10)17)15(18-2)12-7-3-5-11-6-4-8-19-14(11)12/h3-9,15,18H,1-2H3. The molecule has 0 spiro atoms. The Morgan fingerprint density at radius 2 is 2.05 bits per heavy atom. The zero-order valence-electron chi connectivity index (χ0n) is 11.4. The third-order valence-corrected chi connectivity index (χ3v) is 5.23. The summed E-state index contributed by atoms with van der Waals surface area (Å²) in [5, 5.41) is 7.46. The Balaban J connectivity index is 2.19. The lowest BCUT2D eigenvalue weighted by Gasteiger charge is -2.17. The molecule has 0 amide bonds. The molecule has 2 heterocycles. The van der Waals surface area contributed by atoms with Gasteiger partial charge in [0.05, 0.1) is 16.6 Å². The van der Waals surface area contributed by atoms with Crippen LogP contribution in [0.2, 0.25) is 5.02 Å². The Labute approximate surface area is 127 Å². The van der Waals surface area contributed by atoms with Crippen LogP contribution < -0.4 is 5.32 Å². The minimum atomic E-state index is 0.0693. The summed E-state index contributed by atoms with van der Waals surface area (Å²) in [5.74, 6) is 0. The molecule has 1 aromatic carbocycles. The molecular formula is C16H15ClN2S. The normalized spacial score (nSPS) is 12.8. The van der Waals surface area contributed by atoms with Crippen molar-refractivity contribution in [2.45, 2.75) is 13.0 Å². The Hall–Kier alpha value is -1.42. The molecule has 1 N–H and O–H groups in total. The molecule has 4 heteroatoms. The fraction of sp³-hybridized carbons (Fsp3) is 0.188. The molecule has 0 fully saturated rings. The maximum absolute atomic E-state index is 6.43. The van der Waals surface area contributed by atoms with E-state index in [4.69, 9.17) is 11.6 Å². The number of aryl methyl sites for hydroxylation is 1. The number of benzene rings is 1. The largest absolute Gasteiger partial charge is 0.309 e. The lowest BCUT2D eigenvalue weighted by atomic mass is 10.0. The van der Waals surface area contributed by atoms with E-state index in [-0.39, 0.29) is 6.04 Å². The first kappa shape index (κ1) is 13.6. The smallest absolute Gasteiger partial charge is 0.0753 e.